The van der Waals surface area contributed by atoms with Crippen molar-refractivity contribution in [2.24, 2.45) is 0 Å². The molecule has 0 aromatic carbocycles. The molecular weight excluding hydrogens is 976 g/mol. The number of allylic oxidation sites excluding steroid dienone is 4. The summed E-state index contributed by atoms with van der Waals surface area (Å²) in [5.74, 6) is -1.44. The molecule has 3 atom stereocenters. The van der Waals surface area contributed by atoms with Crippen molar-refractivity contribution >= 4 is 25.7 Å². The van der Waals surface area contributed by atoms with Crippen molar-refractivity contribution in [1.29, 1.82) is 0 Å². The van der Waals surface area contributed by atoms with Crippen LogP contribution < -0.4 is 0 Å². The van der Waals surface area contributed by atoms with Gasteiger partial charge in [-0.15, -0.1) is 0 Å². The minimum absolute atomic E-state index is 0.174. The van der Waals surface area contributed by atoms with E-state index in [2.05, 4.69) is 45.1 Å². The second-order valence-corrected chi connectivity index (χ2v) is 23.4. The van der Waals surface area contributed by atoms with Crippen LogP contribution in [0.4, 0.5) is 0 Å². The average molecular weight is 1100 g/mol. The number of phosphoric acid groups is 1. The Morgan fingerprint density at radius 1 is 0.368 bits per heavy atom. The number of phosphoric ester groups is 1. The average Bonchev–Trinajstić information content (AvgIpc) is 3.41. The van der Waals surface area contributed by atoms with Crippen LogP contribution in [0, 0.1) is 0 Å². The highest BCUT2D eigenvalue weighted by atomic mass is 31.2. The van der Waals surface area contributed by atoms with E-state index in [0.717, 1.165) is 70.6 Å². The summed E-state index contributed by atoms with van der Waals surface area (Å²) in [6.45, 7) is 4.70. The van der Waals surface area contributed by atoms with Gasteiger partial charge in [-0.25, -0.2) is 4.57 Å². The van der Waals surface area contributed by atoms with E-state index in [1.807, 2.05) is 0 Å². The summed E-state index contributed by atoms with van der Waals surface area (Å²) in [6.07, 6.45) is 61.2. The van der Waals surface area contributed by atoms with E-state index in [-0.39, 0.29) is 25.9 Å². The van der Waals surface area contributed by atoms with Crippen LogP contribution >= 0.6 is 7.82 Å². The number of unbranched alkanes of at least 4 members (excludes halogenated alkanes) is 40. The van der Waals surface area contributed by atoms with Crippen LogP contribution in [0.2, 0.25) is 0 Å². The van der Waals surface area contributed by atoms with Crippen LogP contribution in [0.25, 0.3) is 0 Å². The van der Waals surface area contributed by atoms with Gasteiger partial charge < -0.3 is 24.2 Å². The highest BCUT2D eigenvalue weighted by molar-refractivity contribution is 7.47. The lowest BCUT2D eigenvalue weighted by Crippen LogP contribution is -2.30. The van der Waals surface area contributed by atoms with Gasteiger partial charge in [0.05, 0.1) is 19.8 Å². The summed E-state index contributed by atoms with van der Waals surface area (Å²) in [7, 11) is -4.74. The topological polar surface area (TPSA) is 155 Å². The van der Waals surface area contributed by atoms with Crippen molar-refractivity contribution in [3.8, 4) is 0 Å². The molecule has 11 nitrogen and oxygen atoms in total. The molecule has 0 radical (unpaired) electrons. The SMILES string of the molecule is CCCCC/C=C\C/C=C\CCCCCCCCCCCC(=O)OCC(COP(=O)(O)OCC(CO)OC(=O)CCCCCCCCCCCCCCCCC)OC(=O)CCCCCCCCCCCCCCCCC. The monoisotopic (exact) mass is 1100 g/mol. The molecule has 448 valence electrons. The Labute approximate surface area is 468 Å². The lowest BCUT2D eigenvalue weighted by Gasteiger charge is -2.21. The molecular formula is C64H121O11P. The molecule has 76 heavy (non-hydrogen) atoms. The Kier molecular flexibility index (Phi) is 57.5. The van der Waals surface area contributed by atoms with Gasteiger partial charge in [-0.2, -0.15) is 0 Å². The third-order valence-corrected chi connectivity index (χ3v) is 15.3. The van der Waals surface area contributed by atoms with Crippen LogP contribution in [0.1, 0.15) is 329 Å². The number of aliphatic hydroxyl groups excluding tert-OH is 1. The largest absolute Gasteiger partial charge is 0.472 e. The van der Waals surface area contributed by atoms with Gasteiger partial charge in [-0.05, 0) is 51.4 Å². The lowest BCUT2D eigenvalue weighted by molar-refractivity contribution is -0.161. The highest BCUT2D eigenvalue weighted by Gasteiger charge is 2.28. The molecule has 0 aliphatic rings. The number of hydrogen-bond acceptors (Lipinski definition) is 10. The van der Waals surface area contributed by atoms with E-state index >= 15 is 0 Å². The minimum Gasteiger partial charge on any atom is -0.462 e. The van der Waals surface area contributed by atoms with Crippen LogP contribution in [0.5, 0.6) is 0 Å². The molecule has 0 aliphatic heterocycles. The van der Waals surface area contributed by atoms with Gasteiger partial charge in [0.1, 0.15) is 12.7 Å². The first kappa shape index (κ1) is 74.0. The normalized spacial score (nSPS) is 13.4. The fourth-order valence-electron chi connectivity index (χ4n) is 9.45. The molecule has 0 saturated heterocycles. The standard InChI is InChI=1S/C64H121O11P/c1-4-7-10-13-16-19-22-25-28-29-30-31-34-35-38-41-44-47-50-53-62(66)71-57-61(75-64(68)55-52-49-46-43-40-37-33-27-24-21-18-15-12-9-6-3)59-73-76(69,70)72-58-60(56-65)74-63(67)54-51-48-45-42-39-36-32-26-23-20-17-14-11-8-5-2/h16,19,25,28,60-61,65H,4-15,17-18,20-24,26-27,29-59H2,1-3H3,(H,69,70)/b19-16-,28-25-. The molecule has 2 N–H and O–H groups in total. The zero-order valence-electron chi connectivity index (χ0n) is 49.7. The summed E-state index contributed by atoms with van der Waals surface area (Å²) in [5, 5.41) is 9.84. The second-order valence-electron chi connectivity index (χ2n) is 21.9. The third-order valence-electron chi connectivity index (χ3n) is 14.4. The Balaban J connectivity index is 4.64. The number of carbonyl (C=O) groups is 3. The molecule has 12 heteroatoms. The second kappa shape index (κ2) is 59.1. The smallest absolute Gasteiger partial charge is 0.462 e. The highest BCUT2D eigenvalue weighted by Crippen LogP contribution is 2.43. The van der Waals surface area contributed by atoms with E-state index in [9.17, 15) is 28.9 Å². The number of hydrogen-bond donors (Lipinski definition) is 2. The van der Waals surface area contributed by atoms with Crippen molar-refractivity contribution in [3.63, 3.8) is 0 Å². The molecule has 0 aromatic rings. The zero-order chi connectivity index (χ0) is 55.5. The predicted molar refractivity (Wildman–Crippen MR) is 316 cm³/mol. The van der Waals surface area contributed by atoms with Gasteiger partial charge in [0.2, 0.25) is 0 Å². The minimum atomic E-state index is -4.74. The van der Waals surface area contributed by atoms with E-state index in [0.29, 0.717) is 19.3 Å². The summed E-state index contributed by atoms with van der Waals surface area (Å²) >= 11 is 0. The number of esters is 3. The van der Waals surface area contributed by atoms with Gasteiger partial charge in [0, 0.05) is 19.3 Å². The summed E-state index contributed by atoms with van der Waals surface area (Å²) in [5.41, 5.74) is 0. The van der Waals surface area contributed by atoms with Crippen LogP contribution in [0.15, 0.2) is 24.3 Å². The summed E-state index contributed by atoms with van der Waals surface area (Å²) in [6, 6.07) is 0. The van der Waals surface area contributed by atoms with Crippen LogP contribution in [-0.2, 0) is 42.2 Å². The molecule has 3 unspecified atom stereocenters. The maximum absolute atomic E-state index is 12.9. The zero-order valence-corrected chi connectivity index (χ0v) is 50.6. The fourth-order valence-corrected chi connectivity index (χ4v) is 10.2. The first-order chi connectivity index (χ1) is 37.2. The Morgan fingerprint density at radius 3 is 1.00 bits per heavy atom. The Hall–Kier alpha value is -2.04. The maximum atomic E-state index is 12.9. The van der Waals surface area contributed by atoms with E-state index in [1.165, 1.54) is 199 Å². The number of carbonyl (C=O) groups excluding carboxylic acids is 3. The molecule has 0 bridgehead atoms. The van der Waals surface area contributed by atoms with Gasteiger partial charge in [-0.1, -0.05) is 283 Å². The van der Waals surface area contributed by atoms with Gasteiger partial charge >= 0.3 is 25.7 Å². The van der Waals surface area contributed by atoms with Gasteiger partial charge in [0.15, 0.2) is 6.10 Å². The van der Waals surface area contributed by atoms with E-state index in [4.69, 9.17) is 23.3 Å². The molecule has 0 aromatic heterocycles. The Morgan fingerprint density at radius 2 is 0.645 bits per heavy atom. The van der Waals surface area contributed by atoms with Crippen molar-refractivity contribution in [3.05, 3.63) is 24.3 Å². The molecule has 0 saturated carbocycles. The fraction of sp³-hybridized carbons (Fsp3) is 0.891. The van der Waals surface area contributed by atoms with Crippen LogP contribution in [-0.4, -0.2) is 66.5 Å². The van der Waals surface area contributed by atoms with Crippen molar-refractivity contribution < 1.29 is 52.2 Å². The van der Waals surface area contributed by atoms with Crippen molar-refractivity contribution in [1.82, 2.24) is 0 Å². The van der Waals surface area contributed by atoms with Gasteiger partial charge in [0.25, 0.3) is 0 Å². The predicted octanol–water partition coefficient (Wildman–Crippen LogP) is 19.4. The first-order valence-corrected chi connectivity index (χ1v) is 33.7. The molecule has 0 amide bonds. The third kappa shape index (κ3) is 56.7. The number of ether oxygens (including phenoxy) is 3. The van der Waals surface area contributed by atoms with Gasteiger partial charge in [-0.3, -0.25) is 23.4 Å². The lowest BCUT2D eigenvalue weighted by atomic mass is 10.0. The van der Waals surface area contributed by atoms with Crippen molar-refractivity contribution in [2.45, 2.75) is 341 Å². The molecule has 0 rings (SSSR count). The Bertz CT molecular complexity index is 1370. The van der Waals surface area contributed by atoms with Crippen molar-refractivity contribution in [2.75, 3.05) is 26.4 Å². The van der Waals surface area contributed by atoms with E-state index in [1.54, 1.807) is 0 Å². The quantitative estimate of drug-likeness (QED) is 0.0197. The maximum Gasteiger partial charge on any atom is 0.472 e. The molecule has 0 aliphatic carbocycles. The van der Waals surface area contributed by atoms with Crippen LogP contribution in [0.3, 0.4) is 0 Å². The molecule has 0 heterocycles. The number of aliphatic hydroxyl groups is 1. The first-order valence-electron chi connectivity index (χ1n) is 32.2. The van der Waals surface area contributed by atoms with E-state index < -0.39 is 57.8 Å². The molecule has 0 spiro atoms. The summed E-state index contributed by atoms with van der Waals surface area (Å²) in [4.78, 5) is 48.7. The summed E-state index contributed by atoms with van der Waals surface area (Å²) < 4.78 is 39.7. The number of rotatable bonds is 61. The molecule has 0 fully saturated rings.